The van der Waals surface area contributed by atoms with Gasteiger partial charge in [0.1, 0.15) is 0 Å². The Morgan fingerprint density at radius 3 is 2.80 bits per heavy atom. The van der Waals surface area contributed by atoms with Crippen molar-refractivity contribution < 1.29 is 14.7 Å². The number of carboxylic acid groups (broad SMARTS) is 1. The zero-order chi connectivity index (χ0) is 14.5. The average Bonchev–Trinajstić information content (AvgIpc) is 2.99. The molecule has 2 rings (SSSR count). The van der Waals surface area contributed by atoms with Gasteiger partial charge in [-0.1, -0.05) is 11.6 Å². The van der Waals surface area contributed by atoms with Crippen molar-refractivity contribution >= 4 is 34.9 Å². The molecular weight excluding hydrogens is 300 g/mol. The molecule has 1 aromatic rings. The molecule has 0 aliphatic heterocycles. The molecule has 1 aromatic heterocycles. The second kappa shape index (κ2) is 6.95. The molecule has 1 aliphatic carbocycles. The minimum atomic E-state index is -0.774. The van der Waals surface area contributed by atoms with Gasteiger partial charge in [0.15, 0.2) is 0 Å². The van der Waals surface area contributed by atoms with Gasteiger partial charge in [-0.3, -0.25) is 4.79 Å². The van der Waals surface area contributed by atoms with E-state index >= 15 is 0 Å². The van der Waals surface area contributed by atoms with Crippen molar-refractivity contribution in [2.24, 2.45) is 5.92 Å². The summed E-state index contributed by atoms with van der Waals surface area (Å²) in [5.41, 5.74) is 0. The first-order chi connectivity index (χ1) is 9.54. The molecule has 0 saturated heterocycles. The molecular formula is C13H17ClN2O3S. The van der Waals surface area contributed by atoms with Crippen molar-refractivity contribution in [3.8, 4) is 0 Å². The fourth-order valence-electron chi connectivity index (χ4n) is 2.36. The monoisotopic (exact) mass is 316 g/mol. The van der Waals surface area contributed by atoms with E-state index in [0.717, 1.165) is 22.1 Å². The topological polar surface area (TPSA) is 78.4 Å². The number of carbonyl (C=O) groups excluding carboxylic acids is 1. The Kier molecular flexibility index (Phi) is 5.25. The lowest BCUT2D eigenvalue weighted by molar-refractivity contribution is -0.141. The number of rotatable bonds is 5. The van der Waals surface area contributed by atoms with Crippen LogP contribution in [0.1, 0.15) is 24.1 Å². The third-order valence-electron chi connectivity index (χ3n) is 3.40. The van der Waals surface area contributed by atoms with Crippen LogP contribution in [0.3, 0.4) is 0 Å². The van der Waals surface area contributed by atoms with Gasteiger partial charge in [0, 0.05) is 17.5 Å². The standard InChI is InChI=1S/C13H17ClN2O3S/c14-11-4-3-10(20-11)5-6-15-13(19)16-9-2-1-8(7-9)12(17)18/h3-4,8-9H,1-2,5-7H2,(H,17,18)(H2,15,16,19)/t8-,9+/m1/s1. The van der Waals surface area contributed by atoms with Crippen molar-refractivity contribution in [2.75, 3.05) is 6.54 Å². The number of aliphatic carboxylic acids is 1. The molecule has 5 nitrogen and oxygen atoms in total. The van der Waals surface area contributed by atoms with Crippen LogP contribution in [-0.2, 0) is 11.2 Å². The zero-order valence-electron chi connectivity index (χ0n) is 10.9. The van der Waals surface area contributed by atoms with Crippen LogP contribution in [0.2, 0.25) is 4.34 Å². The van der Waals surface area contributed by atoms with E-state index in [2.05, 4.69) is 10.6 Å². The van der Waals surface area contributed by atoms with Crippen LogP contribution in [0.25, 0.3) is 0 Å². The molecule has 2 amide bonds. The van der Waals surface area contributed by atoms with E-state index < -0.39 is 5.97 Å². The maximum Gasteiger partial charge on any atom is 0.315 e. The Bertz CT molecular complexity index is 492. The molecule has 2 atom stereocenters. The minimum absolute atomic E-state index is 0.0349. The van der Waals surface area contributed by atoms with E-state index in [4.69, 9.17) is 16.7 Å². The van der Waals surface area contributed by atoms with Gasteiger partial charge in [0.05, 0.1) is 10.3 Å². The number of carbonyl (C=O) groups is 2. The summed E-state index contributed by atoms with van der Waals surface area (Å²) in [7, 11) is 0. The smallest absolute Gasteiger partial charge is 0.315 e. The SMILES string of the molecule is O=C(NCCc1ccc(Cl)s1)N[C@H]1CC[C@@H](C(=O)O)C1. The summed E-state index contributed by atoms with van der Waals surface area (Å²) in [6, 6.07) is 3.52. The number of urea groups is 1. The lowest BCUT2D eigenvalue weighted by Crippen LogP contribution is -2.41. The largest absolute Gasteiger partial charge is 0.481 e. The van der Waals surface area contributed by atoms with Crippen LogP contribution in [0.4, 0.5) is 4.79 Å². The molecule has 3 N–H and O–H groups in total. The highest BCUT2D eigenvalue weighted by molar-refractivity contribution is 7.16. The highest BCUT2D eigenvalue weighted by Gasteiger charge is 2.30. The van der Waals surface area contributed by atoms with Crippen molar-refractivity contribution in [2.45, 2.75) is 31.7 Å². The molecule has 20 heavy (non-hydrogen) atoms. The van der Waals surface area contributed by atoms with Crippen LogP contribution in [-0.4, -0.2) is 29.7 Å². The fraction of sp³-hybridized carbons (Fsp3) is 0.538. The third-order valence-corrected chi connectivity index (χ3v) is 4.69. The first kappa shape index (κ1) is 15.1. The maximum atomic E-state index is 11.7. The van der Waals surface area contributed by atoms with Crippen LogP contribution >= 0.6 is 22.9 Å². The molecule has 7 heteroatoms. The van der Waals surface area contributed by atoms with Crippen molar-refractivity contribution in [3.63, 3.8) is 0 Å². The average molecular weight is 317 g/mol. The molecule has 0 unspecified atom stereocenters. The zero-order valence-corrected chi connectivity index (χ0v) is 12.5. The van der Waals surface area contributed by atoms with Gasteiger partial charge in [-0.15, -0.1) is 11.3 Å². The molecule has 0 radical (unpaired) electrons. The predicted molar refractivity (Wildman–Crippen MR) is 78.3 cm³/mol. The first-order valence-electron chi connectivity index (χ1n) is 6.56. The summed E-state index contributed by atoms with van der Waals surface area (Å²) in [6.07, 6.45) is 2.62. The Morgan fingerprint density at radius 2 is 2.20 bits per heavy atom. The van der Waals surface area contributed by atoms with Crippen molar-refractivity contribution in [3.05, 3.63) is 21.3 Å². The second-order valence-corrected chi connectivity index (χ2v) is 6.70. The molecule has 0 bridgehead atoms. The van der Waals surface area contributed by atoms with Gasteiger partial charge in [-0.25, -0.2) is 4.79 Å². The Balaban J connectivity index is 1.65. The van der Waals surface area contributed by atoms with Crippen LogP contribution in [0.5, 0.6) is 0 Å². The molecule has 1 fully saturated rings. The molecule has 1 aliphatic rings. The van der Waals surface area contributed by atoms with E-state index in [1.807, 2.05) is 12.1 Å². The lowest BCUT2D eigenvalue weighted by Gasteiger charge is -2.13. The second-order valence-electron chi connectivity index (χ2n) is 4.90. The summed E-state index contributed by atoms with van der Waals surface area (Å²) < 4.78 is 0.745. The van der Waals surface area contributed by atoms with Gasteiger partial charge in [-0.2, -0.15) is 0 Å². The number of carboxylic acids is 1. The van der Waals surface area contributed by atoms with Crippen LogP contribution < -0.4 is 10.6 Å². The Hall–Kier alpha value is -1.27. The highest BCUT2D eigenvalue weighted by atomic mass is 35.5. The van der Waals surface area contributed by atoms with Gasteiger partial charge in [0.25, 0.3) is 0 Å². The highest BCUT2D eigenvalue weighted by Crippen LogP contribution is 2.25. The van der Waals surface area contributed by atoms with Crippen LogP contribution in [0.15, 0.2) is 12.1 Å². The van der Waals surface area contributed by atoms with E-state index in [0.29, 0.717) is 19.4 Å². The van der Waals surface area contributed by atoms with E-state index in [1.54, 1.807) is 0 Å². The number of thiophene rings is 1. The summed E-state index contributed by atoms with van der Waals surface area (Å²) in [6.45, 7) is 0.539. The van der Waals surface area contributed by atoms with E-state index in [9.17, 15) is 9.59 Å². The number of hydrogen-bond donors (Lipinski definition) is 3. The van der Waals surface area contributed by atoms with Gasteiger partial charge in [-0.05, 0) is 37.8 Å². The maximum absolute atomic E-state index is 11.7. The molecule has 1 heterocycles. The third kappa shape index (κ3) is 4.38. The normalized spacial score (nSPS) is 21.6. The van der Waals surface area contributed by atoms with Gasteiger partial charge in [0.2, 0.25) is 0 Å². The molecule has 1 saturated carbocycles. The number of hydrogen-bond acceptors (Lipinski definition) is 3. The number of nitrogens with one attached hydrogen (secondary N) is 2. The van der Waals surface area contributed by atoms with Crippen LogP contribution in [0, 0.1) is 5.92 Å². The Morgan fingerprint density at radius 1 is 1.40 bits per heavy atom. The molecule has 0 aromatic carbocycles. The first-order valence-corrected chi connectivity index (χ1v) is 7.75. The molecule has 0 spiro atoms. The minimum Gasteiger partial charge on any atom is -0.481 e. The van der Waals surface area contributed by atoms with Gasteiger partial charge >= 0.3 is 12.0 Å². The van der Waals surface area contributed by atoms with E-state index in [1.165, 1.54) is 11.3 Å². The Labute approximate surface area is 126 Å². The summed E-state index contributed by atoms with van der Waals surface area (Å²) in [5.74, 6) is -1.10. The predicted octanol–water partition coefficient (Wildman–Crippen LogP) is 2.50. The summed E-state index contributed by atoms with van der Waals surface area (Å²) in [4.78, 5) is 23.6. The van der Waals surface area contributed by atoms with Crippen molar-refractivity contribution in [1.29, 1.82) is 0 Å². The van der Waals surface area contributed by atoms with E-state index in [-0.39, 0.29) is 18.0 Å². The quantitative estimate of drug-likeness (QED) is 0.781. The lowest BCUT2D eigenvalue weighted by atomic mass is 10.1. The fourth-order valence-corrected chi connectivity index (χ4v) is 3.45. The number of halogens is 1. The summed E-state index contributed by atoms with van der Waals surface area (Å²) in [5, 5.41) is 14.5. The summed E-state index contributed by atoms with van der Waals surface area (Å²) >= 11 is 7.33. The van der Waals surface area contributed by atoms with Gasteiger partial charge < -0.3 is 15.7 Å². The molecule has 110 valence electrons. The van der Waals surface area contributed by atoms with Crippen molar-refractivity contribution in [1.82, 2.24) is 10.6 Å². The number of amides is 2.